The van der Waals surface area contributed by atoms with E-state index in [1.165, 1.54) is 0 Å². The number of ether oxygens (including phenoxy) is 1. The zero-order valence-electron chi connectivity index (χ0n) is 11.5. The van der Waals surface area contributed by atoms with Crippen molar-refractivity contribution in [3.63, 3.8) is 0 Å². The molecule has 104 valence electrons. The first-order chi connectivity index (χ1) is 9.78. The molecule has 5 heteroatoms. The molecule has 1 aromatic heterocycles. The molecular formula is C15H18N4O. The lowest BCUT2D eigenvalue weighted by Gasteiger charge is -2.14. The van der Waals surface area contributed by atoms with Crippen LogP contribution in [0.1, 0.15) is 12.5 Å². The summed E-state index contributed by atoms with van der Waals surface area (Å²) in [5.74, 6) is 0.730. The Bertz CT molecular complexity index is 560. The second kappa shape index (κ2) is 7.31. The Labute approximate surface area is 118 Å². The molecule has 2 rings (SSSR count). The monoisotopic (exact) mass is 270 g/mol. The maximum absolute atomic E-state index is 8.50. The van der Waals surface area contributed by atoms with Crippen LogP contribution in [-0.2, 0) is 13.1 Å². The summed E-state index contributed by atoms with van der Waals surface area (Å²) in [4.78, 5) is 4.03. The Morgan fingerprint density at radius 2 is 2.40 bits per heavy atom. The van der Waals surface area contributed by atoms with Crippen LogP contribution in [0, 0.1) is 11.3 Å². The van der Waals surface area contributed by atoms with Gasteiger partial charge in [-0.25, -0.2) is 4.98 Å². The second-order valence-electron chi connectivity index (χ2n) is 4.64. The van der Waals surface area contributed by atoms with Crippen LogP contribution in [0.3, 0.4) is 0 Å². The lowest BCUT2D eigenvalue weighted by molar-refractivity contribution is 0.367. The summed E-state index contributed by atoms with van der Waals surface area (Å²) in [6.07, 6.45) is 5.55. The fourth-order valence-corrected chi connectivity index (χ4v) is 1.93. The summed E-state index contributed by atoms with van der Waals surface area (Å²) in [6, 6.07) is 10.1. The van der Waals surface area contributed by atoms with E-state index < -0.39 is 0 Å². The molecule has 0 bridgehead atoms. The molecule has 2 aromatic rings. The van der Waals surface area contributed by atoms with Gasteiger partial charge >= 0.3 is 0 Å². The largest absolute Gasteiger partial charge is 0.479 e. The summed E-state index contributed by atoms with van der Waals surface area (Å²) in [5, 5.41) is 12.0. The van der Waals surface area contributed by atoms with Crippen LogP contribution in [0.2, 0.25) is 0 Å². The highest BCUT2D eigenvalue weighted by molar-refractivity contribution is 5.28. The fourth-order valence-electron chi connectivity index (χ4n) is 1.93. The number of aromatic nitrogens is 2. The Balaban J connectivity index is 1.82. The van der Waals surface area contributed by atoms with Crippen molar-refractivity contribution in [3.8, 4) is 11.8 Å². The Hall–Kier alpha value is -2.32. The standard InChI is InChI=1S/C15H18N4O/c1-13(11-19-7-6-17-12-19)18-10-14-3-2-4-15(9-14)20-8-5-16/h2-4,6-7,9,12-13,18H,8,10-11H2,1H3. The third kappa shape index (κ3) is 4.41. The van der Waals surface area contributed by atoms with Crippen molar-refractivity contribution in [2.75, 3.05) is 6.61 Å². The van der Waals surface area contributed by atoms with Crippen LogP contribution < -0.4 is 10.1 Å². The van der Waals surface area contributed by atoms with E-state index in [0.717, 1.165) is 24.4 Å². The quantitative estimate of drug-likeness (QED) is 0.835. The third-order valence-corrected chi connectivity index (χ3v) is 2.90. The lowest BCUT2D eigenvalue weighted by atomic mass is 10.2. The molecular weight excluding hydrogens is 252 g/mol. The summed E-state index contributed by atoms with van der Waals surface area (Å²) in [6.45, 7) is 3.86. The minimum absolute atomic E-state index is 0.0773. The smallest absolute Gasteiger partial charge is 0.174 e. The van der Waals surface area contributed by atoms with Crippen molar-refractivity contribution in [2.45, 2.75) is 26.1 Å². The maximum atomic E-state index is 8.50. The number of rotatable bonds is 7. The molecule has 0 spiro atoms. The second-order valence-corrected chi connectivity index (χ2v) is 4.64. The SMILES string of the molecule is CC(Cn1ccnc1)NCc1cccc(OCC#N)c1. The molecule has 0 radical (unpaired) electrons. The Kier molecular flexibility index (Phi) is 5.15. The average Bonchev–Trinajstić information content (AvgIpc) is 2.96. The van der Waals surface area contributed by atoms with Gasteiger partial charge in [0, 0.05) is 31.5 Å². The van der Waals surface area contributed by atoms with E-state index >= 15 is 0 Å². The van der Waals surface area contributed by atoms with Gasteiger partial charge in [-0.3, -0.25) is 0 Å². The summed E-state index contributed by atoms with van der Waals surface area (Å²) < 4.78 is 7.33. The summed E-state index contributed by atoms with van der Waals surface area (Å²) in [7, 11) is 0. The number of nitriles is 1. The molecule has 0 aliphatic carbocycles. The molecule has 1 N–H and O–H groups in total. The van der Waals surface area contributed by atoms with Crippen molar-refractivity contribution < 1.29 is 4.74 Å². The third-order valence-electron chi connectivity index (χ3n) is 2.90. The predicted molar refractivity (Wildman–Crippen MR) is 76.1 cm³/mol. The van der Waals surface area contributed by atoms with Crippen molar-refractivity contribution >= 4 is 0 Å². The first-order valence-electron chi connectivity index (χ1n) is 6.56. The molecule has 1 heterocycles. The van der Waals surface area contributed by atoms with Gasteiger partial charge in [0.15, 0.2) is 6.61 Å². The van der Waals surface area contributed by atoms with Crippen molar-refractivity contribution in [1.82, 2.24) is 14.9 Å². The van der Waals surface area contributed by atoms with Crippen LogP contribution in [0.25, 0.3) is 0 Å². The normalized spacial score (nSPS) is 11.8. The minimum atomic E-state index is 0.0773. The molecule has 20 heavy (non-hydrogen) atoms. The lowest BCUT2D eigenvalue weighted by Crippen LogP contribution is -2.29. The first-order valence-corrected chi connectivity index (χ1v) is 6.56. The molecule has 1 aromatic carbocycles. The van der Waals surface area contributed by atoms with Gasteiger partial charge in [0.05, 0.1) is 6.33 Å². The highest BCUT2D eigenvalue weighted by atomic mass is 16.5. The van der Waals surface area contributed by atoms with Gasteiger partial charge in [-0.05, 0) is 24.6 Å². The fraction of sp³-hybridized carbons (Fsp3) is 0.333. The molecule has 0 saturated carbocycles. The maximum Gasteiger partial charge on any atom is 0.174 e. The Morgan fingerprint density at radius 3 is 3.15 bits per heavy atom. The van der Waals surface area contributed by atoms with Gasteiger partial charge in [-0.15, -0.1) is 0 Å². The highest BCUT2D eigenvalue weighted by Gasteiger charge is 2.03. The number of nitrogens with one attached hydrogen (secondary N) is 1. The average molecular weight is 270 g/mol. The van der Waals surface area contributed by atoms with Gasteiger partial charge in [0.25, 0.3) is 0 Å². The molecule has 1 unspecified atom stereocenters. The molecule has 0 saturated heterocycles. The molecule has 0 amide bonds. The summed E-state index contributed by atoms with van der Waals surface area (Å²) >= 11 is 0. The van der Waals surface area contributed by atoms with Crippen LogP contribution >= 0.6 is 0 Å². The van der Waals surface area contributed by atoms with Gasteiger partial charge in [0.1, 0.15) is 11.8 Å². The predicted octanol–water partition coefficient (Wildman–Crippen LogP) is 1.96. The van der Waals surface area contributed by atoms with Crippen molar-refractivity contribution in [1.29, 1.82) is 5.26 Å². The number of benzene rings is 1. The van der Waals surface area contributed by atoms with E-state index in [1.807, 2.05) is 47.4 Å². The van der Waals surface area contributed by atoms with E-state index in [-0.39, 0.29) is 6.61 Å². The number of hydrogen-bond acceptors (Lipinski definition) is 4. The Morgan fingerprint density at radius 1 is 1.50 bits per heavy atom. The summed E-state index contributed by atoms with van der Waals surface area (Å²) in [5.41, 5.74) is 1.14. The molecule has 0 aliphatic rings. The van der Waals surface area contributed by atoms with Crippen molar-refractivity contribution in [3.05, 3.63) is 48.5 Å². The zero-order chi connectivity index (χ0) is 14.2. The minimum Gasteiger partial charge on any atom is -0.479 e. The van der Waals surface area contributed by atoms with Crippen molar-refractivity contribution in [2.24, 2.45) is 0 Å². The number of nitrogens with zero attached hydrogens (tertiary/aromatic N) is 3. The molecule has 0 fully saturated rings. The highest BCUT2D eigenvalue weighted by Crippen LogP contribution is 2.13. The number of imidazole rings is 1. The topological polar surface area (TPSA) is 62.9 Å². The molecule has 5 nitrogen and oxygen atoms in total. The van der Waals surface area contributed by atoms with Crippen LogP contribution in [0.5, 0.6) is 5.75 Å². The first kappa shape index (κ1) is 14.1. The van der Waals surface area contributed by atoms with E-state index in [1.54, 1.807) is 6.20 Å². The van der Waals surface area contributed by atoms with E-state index in [2.05, 4.69) is 17.2 Å². The molecule has 1 atom stereocenters. The van der Waals surface area contributed by atoms with E-state index in [4.69, 9.17) is 10.00 Å². The molecule has 0 aliphatic heterocycles. The van der Waals surface area contributed by atoms with E-state index in [9.17, 15) is 0 Å². The number of hydrogen-bond donors (Lipinski definition) is 1. The zero-order valence-corrected chi connectivity index (χ0v) is 11.5. The van der Waals surface area contributed by atoms with Gasteiger partial charge in [0.2, 0.25) is 0 Å². The van der Waals surface area contributed by atoms with Crippen LogP contribution in [-0.4, -0.2) is 22.2 Å². The van der Waals surface area contributed by atoms with Crippen LogP contribution in [0.15, 0.2) is 43.0 Å². The van der Waals surface area contributed by atoms with Crippen LogP contribution in [0.4, 0.5) is 0 Å². The van der Waals surface area contributed by atoms with Gasteiger partial charge in [-0.1, -0.05) is 12.1 Å². The van der Waals surface area contributed by atoms with Gasteiger partial charge < -0.3 is 14.6 Å². The van der Waals surface area contributed by atoms with Gasteiger partial charge in [-0.2, -0.15) is 5.26 Å². The van der Waals surface area contributed by atoms with E-state index in [0.29, 0.717) is 6.04 Å².